The van der Waals surface area contributed by atoms with Gasteiger partial charge in [0.1, 0.15) is 5.75 Å². The number of carbonyl (C=O) groups is 2. The summed E-state index contributed by atoms with van der Waals surface area (Å²) in [6.07, 6.45) is 4.34. The van der Waals surface area contributed by atoms with Crippen molar-refractivity contribution in [1.82, 2.24) is 4.90 Å². The van der Waals surface area contributed by atoms with Crippen LogP contribution in [0.25, 0.3) is 0 Å². The number of carboxylic acid groups (broad SMARTS) is 1. The Balaban J connectivity index is 1.77. The van der Waals surface area contributed by atoms with E-state index in [-0.39, 0.29) is 24.3 Å². The van der Waals surface area contributed by atoms with Crippen molar-refractivity contribution in [2.24, 2.45) is 0 Å². The molecule has 2 atom stereocenters. The highest BCUT2D eigenvalue weighted by molar-refractivity contribution is 5.85. The number of fused-ring (bicyclic) bond motifs is 1. The quantitative estimate of drug-likeness (QED) is 0.927. The maximum absolute atomic E-state index is 13.1. The molecule has 5 heteroatoms. The van der Waals surface area contributed by atoms with Gasteiger partial charge < -0.3 is 14.7 Å². The topological polar surface area (TPSA) is 66.8 Å². The molecule has 0 spiro atoms. The lowest BCUT2D eigenvalue weighted by Gasteiger charge is -2.39. The van der Waals surface area contributed by atoms with Crippen molar-refractivity contribution in [1.29, 1.82) is 0 Å². The van der Waals surface area contributed by atoms with Gasteiger partial charge in [0.2, 0.25) is 5.91 Å². The van der Waals surface area contributed by atoms with Crippen molar-refractivity contribution in [3.05, 3.63) is 29.8 Å². The fourth-order valence-electron chi connectivity index (χ4n) is 3.68. The SMILES string of the molecule is O=C(O)CC[C@@H]1CCCCN1C(=O)[C@@H]1CCOc2ccccc21. The molecular formula is C18H23NO4. The van der Waals surface area contributed by atoms with E-state index < -0.39 is 5.97 Å². The number of para-hydroxylation sites is 1. The second-order valence-electron chi connectivity index (χ2n) is 6.34. The monoisotopic (exact) mass is 317 g/mol. The molecule has 1 saturated heterocycles. The molecule has 0 unspecified atom stereocenters. The molecule has 0 aliphatic carbocycles. The van der Waals surface area contributed by atoms with Gasteiger partial charge in [0.15, 0.2) is 0 Å². The third kappa shape index (κ3) is 3.49. The van der Waals surface area contributed by atoms with E-state index in [0.717, 1.165) is 37.1 Å². The molecule has 0 radical (unpaired) electrons. The Morgan fingerprint density at radius 1 is 1.22 bits per heavy atom. The van der Waals surface area contributed by atoms with Crippen LogP contribution >= 0.6 is 0 Å². The molecule has 124 valence electrons. The number of hydrogen-bond donors (Lipinski definition) is 1. The summed E-state index contributed by atoms with van der Waals surface area (Å²) in [7, 11) is 0. The van der Waals surface area contributed by atoms with Crippen molar-refractivity contribution in [2.75, 3.05) is 13.2 Å². The first-order chi connectivity index (χ1) is 11.2. The first-order valence-corrected chi connectivity index (χ1v) is 8.41. The van der Waals surface area contributed by atoms with Crippen LogP contribution in [0, 0.1) is 0 Å². The van der Waals surface area contributed by atoms with Gasteiger partial charge >= 0.3 is 5.97 Å². The van der Waals surface area contributed by atoms with Gasteiger partial charge in [-0.2, -0.15) is 0 Å². The van der Waals surface area contributed by atoms with E-state index in [1.807, 2.05) is 29.2 Å². The van der Waals surface area contributed by atoms with Crippen molar-refractivity contribution >= 4 is 11.9 Å². The van der Waals surface area contributed by atoms with Crippen LogP contribution in [-0.4, -0.2) is 41.1 Å². The van der Waals surface area contributed by atoms with Crippen molar-refractivity contribution in [2.45, 2.75) is 50.5 Å². The minimum atomic E-state index is -0.792. The van der Waals surface area contributed by atoms with Crippen LogP contribution in [0.2, 0.25) is 0 Å². The number of hydrogen-bond acceptors (Lipinski definition) is 3. The smallest absolute Gasteiger partial charge is 0.303 e. The normalized spacial score (nSPS) is 23.7. The number of likely N-dealkylation sites (tertiary alicyclic amines) is 1. The Labute approximate surface area is 136 Å². The average Bonchev–Trinajstić information content (AvgIpc) is 2.59. The van der Waals surface area contributed by atoms with Crippen LogP contribution in [0.3, 0.4) is 0 Å². The average molecular weight is 317 g/mol. The molecule has 0 bridgehead atoms. The van der Waals surface area contributed by atoms with Gasteiger partial charge in [0, 0.05) is 24.6 Å². The molecular weight excluding hydrogens is 294 g/mol. The second kappa shape index (κ2) is 7.02. The summed E-state index contributed by atoms with van der Waals surface area (Å²) in [6, 6.07) is 7.79. The van der Waals surface area contributed by atoms with Crippen molar-refractivity contribution in [3.8, 4) is 5.75 Å². The molecule has 2 aliphatic heterocycles. The van der Waals surface area contributed by atoms with Gasteiger partial charge in [-0.1, -0.05) is 18.2 Å². The molecule has 0 saturated carbocycles. The van der Waals surface area contributed by atoms with Crippen LogP contribution in [0.5, 0.6) is 5.75 Å². The summed E-state index contributed by atoms with van der Waals surface area (Å²) in [5, 5.41) is 8.93. The Hall–Kier alpha value is -2.04. The van der Waals surface area contributed by atoms with Gasteiger partial charge in [-0.3, -0.25) is 9.59 Å². The molecule has 1 aromatic rings. The molecule has 1 amide bonds. The molecule has 1 fully saturated rings. The molecule has 1 aromatic carbocycles. The second-order valence-corrected chi connectivity index (χ2v) is 6.34. The summed E-state index contributed by atoms with van der Waals surface area (Å²) in [4.78, 5) is 25.9. The zero-order valence-corrected chi connectivity index (χ0v) is 13.2. The van der Waals surface area contributed by atoms with Gasteiger partial charge in [0.05, 0.1) is 12.5 Å². The third-order valence-corrected chi connectivity index (χ3v) is 4.86. The summed E-state index contributed by atoms with van der Waals surface area (Å²) in [6.45, 7) is 1.30. The summed E-state index contributed by atoms with van der Waals surface area (Å²) in [5.74, 6) is -0.0169. The maximum Gasteiger partial charge on any atom is 0.303 e. The predicted molar refractivity (Wildman–Crippen MR) is 85.5 cm³/mol. The minimum Gasteiger partial charge on any atom is -0.493 e. The number of aliphatic carboxylic acids is 1. The zero-order chi connectivity index (χ0) is 16.2. The Morgan fingerprint density at radius 3 is 2.87 bits per heavy atom. The molecule has 5 nitrogen and oxygen atoms in total. The molecule has 0 aromatic heterocycles. The van der Waals surface area contributed by atoms with E-state index in [1.165, 1.54) is 0 Å². The molecule has 2 heterocycles. The number of amides is 1. The Kier molecular flexibility index (Phi) is 4.84. The minimum absolute atomic E-state index is 0.0577. The molecule has 1 N–H and O–H groups in total. The lowest BCUT2D eigenvalue weighted by Crippen LogP contribution is -2.46. The molecule has 23 heavy (non-hydrogen) atoms. The highest BCUT2D eigenvalue weighted by Crippen LogP contribution is 2.36. The van der Waals surface area contributed by atoms with Crippen molar-refractivity contribution < 1.29 is 19.4 Å². The maximum atomic E-state index is 13.1. The van der Waals surface area contributed by atoms with E-state index >= 15 is 0 Å². The third-order valence-electron chi connectivity index (χ3n) is 4.86. The van der Waals surface area contributed by atoms with Gasteiger partial charge in [0.25, 0.3) is 0 Å². The predicted octanol–water partition coefficient (Wildman–Crippen LogP) is 2.80. The Morgan fingerprint density at radius 2 is 2.04 bits per heavy atom. The van der Waals surface area contributed by atoms with E-state index in [9.17, 15) is 9.59 Å². The summed E-state index contributed by atoms with van der Waals surface area (Å²) < 4.78 is 5.65. The fraction of sp³-hybridized carbons (Fsp3) is 0.556. The van der Waals surface area contributed by atoms with Crippen LogP contribution < -0.4 is 4.74 Å². The largest absolute Gasteiger partial charge is 0.493 e. The number of ether oxygens (including phenoxy) is 1. The highest BCUT2D eigenvalue weighted by atomic mass is 16.5. The summed E-state index contributed by atoms with van der Waals surface area (Å²) in [5.41, 5.74) is 0.964. The van der Waals surface area contributed by atoms with Gasteiger partial charge in [-0.05, 0) is 38.2 Å². The van der Waals surface area contributed by atoms with Gasteiger partial charge in [-0.15, -0.1) is 0 Å². The number of nitrogens with zero attached hydrogens (tertiary/aromatic N) is 1. The van der Waals surface area contributed by atoms with E-state index in [0.29, 0.717) is 19.4 Å². The standard InChI is InChI=1S/C18H23NO4/c20-17(21)9-8-13-5-3-4-11-19(13)18(22)15-10-12-23-16-7-2-1-6-14(15)16/h1-2,6-7,13,15H,3-5,8-12H2,(H,20,21)/t13-,15+/m0/s1. The van der Waals surface area contributed by atoms with E-state index in [1.54, 1.807) is 0 Å². The first-order valence-electron chi connectivity index (χ1n) is 8.41. The molecule has 3 rings (SSSR count). The van der Waals surface area contributed by atoms with E-state index in [2.05, 4.69) is 0 Å². The number of benzene rings is 1. The number of carboxylic acids is 1. The van der Waals surface area contributed by atoms with Crippen LogP contribution in [0.15, 0.2) is 24.3 Å². The summed E-state index contributed by atoms with van der Waals surface area (Å²) >= 11 is 0. The van der Waals surface area contributed by atoms with Crippen LogP contribution in [0.1, 0.15) is 50.0 Å². The van der Waals surface area contributed by atoms with Gasteiger partial charge in [-0.25, -0.2) is 0 Å². The molecule has 2 aliphatic rings. The number of carbonyl (C=O) groups excluding carboxylic acids is 1. The lowest BCUT2D eigenvalue weighted by molar-refractivity contribution is -0.141. The van der Waals surface area contributed by atoms with E-state index in [4.69, 9.17) is 9.84 Å². The fourth-order valence-corrected chi connectivity index (χ4v) is 3.68. The number of rotatable bonds is 4. The first kappa shape index (κ1) is 15.8. The van der Waals surface area contributed by atoms with Crippen molar-refractivity contribution in [3.63, 3.8) is 0 Å². The Bertz CT molecular complexity index is 586. The highest BCUT2D eigenvalue weighted by Gasteiger charge is 2.35. The zero-order valence-electron chi connectivity index (χ0n) is 13.2. The number of piperidine rings is 1. The lowest BCUT2D eigenvalue weighted by atomic mass is 9.89. The van der Waals surface area contributed by atoms with Crippen LogP contribution in [-0.2, 0) is 9.59 Å². The van der Waals surface area contributed by atoms with Crippen LogP contribution in [0.4, 0.5) is 0 Å².